The van der Waals surface area contributed by atoms with Crippen molar-refractivity contribution < 1.29 is 19.5 Å². The van der Waals surface area contributed by atoms with E-state index in [1.807, 2.05) is 0 Å². The molecule has 0 bridgehead atoms. The zero-order valence-corrected chi connectivity index (χ0v) is 12.3. The van der Waals surface area contributed by atoms with Crippen LogP contribution in [-0.4, -0.2) is 59.4 Å². The summed E-state index contributed by atoms with van der Waals surface area (Å²) in [6.45, 7) is 1.48. The average Bonchev–Trinajstić information content (AvgIpc) is 3.19. The third-order valence-electron chi connectivity index (χ3n) is 5.23. The Bertz CT molecular complexity index is 474. The van der Waals surface area contributed by atoms with Gasteiger partial charge in [-0.1, -0.05) is 0 Å². The molecule has 2 amide bonds. The highest BCUT2D eigenvalue weighted by molar-refractivity contribution is 5.87. The predicted octanol–water partition coefficient (Wildman–Crippen LogP) is 0.424. The maximum atomic E-state index is 12.6. The molecule has 6 heteroatoms. The summed E-state index contributed by atoms with van der Waals surface area (Å²) >= 11 is 0. The van der Waals surface area contributed by atoms with Gasteiger partial charge in [-0.15, -0.1) is 0 Å². The van der Waals surface area contributed by atoms with E-state index in [1.54, 1.807) is 16.8 Å². The molecule has 2 heterocycles. The standard InChI is InChI=1S/C15H22N2O4/c1-16-5-4-10(6-13(16)18)14(19)17-7-11(9-2-3-9)12(8-17)15(20)21/h9-12H,2-8H2,1H3,(H,20,21)/t10?,11-,12+/m1/s1. The number of rotatable bonds is 3. The Morgan fingerprint density at radius 1 is 1.19 bits per heavy atom. The molecule has 6 nitrogen and oxygen atoms in total. The van der Waals surface area contributed by atoms with Crippen molar-refractivity contribution in [1.82, 2.24) is 9.80 Å². The van der Waals surface area contributed by atoms with Crippen LogP contribution in [0, 0.1) is 23.7 Å². The van der Waals surface area contributed by atoms with Crippen molar-refractivity contribution in [2.24, 2.45) is 23.7 Å². The second-order valence-electron chi connectivity index (χ2n) is 6.69. The number of hydrogen-bond acceptors (Lipinski definition) is 3. The van der Waals surface area contributed by atoms with Gasteiger partial charge in [-0.2, -0.15) is 0 Å². The SMILES string of the molecule is CN1CCC(C(=O)N2C[C@H](C(=O)O)[C@@H](C3CC3)C2)CC1=O. The highest BCUT2D eigenvalue weighted by Gasteiger charge is 2.47. The molecule has 0 spiro atoms. The van der Waals surface area contributed by atoms with E-state index in [4.69, 9.17) is 0 Å². The van der Waals surface area contributed by atoms with Crippen molar-refractivity contribution in [2.45, 2.75) is 25.7 Å². The predicted molar refractivity (Wildman–Crippen MR) is 74.3 cm³/mol. The fourth-order valence-corrected chi connectivity index (χ4v) is 3.68. The number of nitrogens with zero attached hydrogens (tertiary/aromatic N) is 2. The number of piperidine rings is 1. The summed E-state index contributed by atoms with van der Waals surface area (Å²) in [5.74, 6) is -0.916. The van der Waals surface area contributed by atoms with E-state index in [1.165, 1.54) is 0 Å². The van der Waals surface area contributed by atoms with Crippen LogP contribution in [0.5, 0.6) is 0 Å². The molecule has 1 N–H and O–H groups in total. The Kier molecular flexibility index (Phi) is 3.63. The fourth-order valence-electron chi connectivity index (χ4n) is 3.68. The molecule has 3 aliphatic rings. The van der Waals surface area contributed by atoms with E-state index in [0.29, 0.717) is 32.0 Å². The molecule has 1 aliphatic carbocycles. The zero-order valence-electron chi connectivity index (χ0n) is 12.3. The van der Waals surface area contributed by atoms with Gasteiger partial charge >= 0.3 is 5.97 Å². The third-order valence-corrected chi connectivity index (χ3v) is 5.23. The minimum Gasteiger partial charge on any atom is -0.481 e. The zero-order chi connectivity index (χ0) is 15.1. The third kappa shape index (κ3) is 2.76. The molecule has 116 valence electrons. The minimum absolute atomic E-state index is 0.00678. The van der Waals surface area contributed by atoms with Gasteiger partial charge in [0.05, 0.1) is 5.92 Å². The second kappa shape index (κ2) is 5.31. The number of carbonyl (C=O) groups is 3. The van der Waals surface area contributed by atoms with E-state index in [0.717, 1.165) is 12.8 Å². The highest BCUT2D eigenvalue weighted by atomic mass is 16.4. The summed E-state index contributed by atoms with van der Waals surface area (Å²) in [5.41, 5.74) is 0. The van der Waals surface area contributed by atoms with E-state index in [2.05, 4.69) is 0 Å². The van der Waals surface area contributed by atoms with E-state index in [9.17, 15) is 19.5 Å². The van der Waals surface area contributed by atoms with Crippen LogP contribution < -0.4 is 0 Å². The number of hydrogen-bond donors (Lipinski definition) is 1. The molecule has 3 fully saturated rings. The molecule has 0 radical (unpaired) electrons. The maximum Gasteiger partial charge on any atom is 0.308 e. The number of carboxylic acid groups (broad SMARTS) is 1. The molecule has 0 aromatic heterocycles. The van der Waals surface area contributed by atoms with Crippen LogP contribution in [0.4, 0.5) is 0 Å². The van der Waals surface area contributed by atoms with Crippen molar-refractivity contribution in [3.05, 3.63) is 0 Å². The molecule has 1 unspecified atom stereocenters. The van der Waals surface area contributed by atoms with Gasteiger partial charge in [-0.05, 0) is 31.1 Å². The van der Waals surface area contributed by atoms with Gasteiger partial charge in [0.25, 0.3) is 0 Å². The van der Waals surface area contributed by atoms with Crippen LogP contribution in [-0.2, 0) is 14.4 Å². The number of carbonyl (C=O) groups excluding carboxylic acids is 2. The number of likely N-dealkylation sites (tertiary alicyclic amines) is 2. The first-order valence-electron chi connectivity index (χ1n) is 7.73. The summed E-state index contributed by atoms with van der Waals surface area (Å²) in [4.78, 5) is 39.0. The first kappa shape index (κ1) is 14.4. The highest BCUT2D eigenvalue weighted by Crippen LogP contribution is 2.44. The smallest absolute Gasteiger partial charge is 0.308 e. The Hall–Kier alpha value is -1.59. The Morgan fingerprint density at radius 3 is 2.48 bits per heavy atom. The van der Waals surface area contributed by atoms with E-state index >= 15 is 0 Å². The Morgan fingerprint density at radius 2 is 1.90 bits per heavy atom. The van der Waals surface area contributed by atoms with Gasteiger partial charge in [0.15, 0.2) is 0 Å². The first-order chi connectivity index (χ1) is 9.97. The lowest BCUT2D eigenvalue weighted by atomic mass is 9.92. The quantitative estimate of drug-likeness (QED) is 0.818. The number of aliphatic carboxylic acids is 1. The van der Waals surface area contributed by atoms with Gasteiger partial charge in [-0.25, -0.2) is 0 Å². The fraction of sp³-hybridized carbons (Fsp3) is 0.800. The van der Waals surface area contributed by atoms with Gasteiger partial charge in [0.2, 0.25) is 11.8 Å². The van der Waals surface area contributed by atoms with Crippen molar-refractivity contribution in [2.75, 3.05) is 26.7 Å². The second-order valence-corrected chi connectivity index (χ2v) is 6.69. The molecule has 0 aromatic rings. The van der Waals surface area contributed by atoms with Gasteiger partial charge in [0, 0.05) is 39.0 Å². The molecule has 0 aromatic carbocycles. The maximum absolute atomic E-state index is 12.6. The van der Waals surface area contributed by atoms with Gasteiger partial charge < -0.3 is 14.9 Å². The number of carboxylic acids is 1. The summed E-state index contributed by atoms with van der Waals surface area (Å²) < 4.78 is 0. The van der Waals surface area contributed by atoms with Crippen molar-refractivity contribution >= 4 is 17.8 Å². The van der Waals surface area contributed by atoms with Gasteiger partial charge in [0.1, 0.15) is 0 Å². The van der Waals surface area contributed by atoms with Crippen LogP contribution in [0.2, 0.25) is 0 Å². The Labute approximate surface area is 124 Å². The topological polar surface area (TPSA) is 77.9 Å². The van der Waals surface area contributed by atoms with E-state index < -0.39 is 11.9 Å². The minimum atomic E-state index is -0.790. The molecule has 2 saturated heterocycles. The lowest BCUT2D eigenvalue weighted by molar-refractivity contribution is -0.145. The molecule has 1 saturated carbocycles. The Balaban J connectivity index is 1.65. The molecule has 21 heavy (non-hydrogen) atoms. The number of amides is 2. The van der Waals surface area contributed by atoms with E-state index in [-0.39, 0.29) is 30.1 Å². The lowest BCUT2D eigenvalue weighted by Gasteiger charge is -2.30. The normalized spacial score (nSPS) is 33.4. The summed E-state index contributed by atoms with van der Waals surface area (Å²) in [6.07, 6.45) is 3.12. The summed E-state index contributed by atoms with van der Waals surface area (Å²) in [7, 11) is 1.75. The summed E-state index contributed by atoms with van der Waals surface area (Å²) in [5, 5.41) is 9.35. The summed E-state index contributed by atoms with van der Waals surface area (Å²) in [6, 6.07) is 0. The van der Waals surface area contributed by atoms with Crippen molar-refractivity contribution in [1.29, 1.82) is 0 Å². The largest absolute Gasteiger partial charge is 0.481 e. The average molecular weight is 294 g/mol. The van der Waals surface area contributed by atoms with Crippen molar-refractivity contribution in [3.8, 4) is 0 Å². The van der Waals surface area contributed by atoms with Crippen molar-refractivity contribution in [3.63, 3.8) is 0 Å². The first-order valence-corrected chi connectivity index (χ1v) is 7.73. The van der Waals surface area contributed by atoms with Crippen LogP contribution in [0.15, 0.2) is 0 Å². The molecular formula is C15H22N2O4. The molecule has 2 aliphatic heterocycles. The van der Waals surface area contributed by atoms with Crippen LogP contribution in [0.1, 0.15) is 25.7 Å². The molecular weight excluding hydrogens is 272 g/mol. The molecule has 3 atom stereocenters. The van der Waals surface area contributed by atoms with Crippen LogP contribution in [0.3, 0.4) is 0 Å². The monoisotopic (exact) mass is 294 g/mol. The van der Waals surface area contributed by atoms with Gasteiger partial charge in [-0.3, -0.25) is 14.4 Å². The van der Waals surface area contributed by atoms with Crippen LogP contribution in [0.25, 0.3) is 0 Å². The lowest BCUT2D eigenvalue weighted by Crippen LogP contribution is -2.43. The molecule has 3 rings (SSSR count). The van der Waals surface area contributed by atoms with Crippen LogP contribution >= 0.6 is 0 Å².